The molecule has 2 saturated heterocycles. The average molecular weight is 377 g/mol. The van der Waals surface area contributed by atoms with Gasteiger partial charge >= 0.3 is 0 Å². The number of amides is 1. The fourth-order valence-corrected chi connectivity index (χ4v) is 4.49. The van der Waals surface area contributed by atoms with Crippen LogP contribution in [0.2, 0.25) is 0 Å². The first-order chi connectivity index (χ1) is 13.7. The fourth-order valence-electron chi connectivity index (χ4n) is 4.49. The van der Waals surface area contributed by atoms with Crippen LogP contribution in [-0.4, -0.2) is 47.2 Å². The molecule has 1 atom stereocenters. The van der Waals surface area contributed by atoms with Crippen molar-refractivity contribution in [2.24, 2.45) is 5.92 Å². The standard InChI is InChI=1S/C24H28N2O2/c27-22-16-23(26(18-22)17-21-9-5-2-6-10-21)24(28)25-13-11-20(12-14-25)15-19-7-3-1-4-8-19/h1-10,20,23H,11-18H2. The molecule has 4 rings (SSSR count). The predicted molar refractivity (Wildman–Crippen MR) is 110 cm³/mol. The minimum absolute atomic E-state index is 0.139. The van der Waals surface area contributed by atoms with E-state index in [1.807, 2.05) is 23.1 Å². The first kappa shape index (κ1) is 18.9. The molecule has 28 heavy (non-hydrogen) atoms. The number of benzene rings is 2. The maximum atomic E-state index is 13.1. The van der Waals surface area contributed by atoms with Gasteiger partial charge in [-0.05, 0) is 36.3 Å². The highest BCUT2D eigenvalue weighted by Crippen LogP contribution is 2.25. The van der Waals surface area contributed by atoms with Gasteiger partial charge in [0.1, 0.15) is 5.78 Å². The number of piperidine rings is 1. The zero-order chi connectivity index (χ0) is 19.3. The normalized spacial score (nSPS) is 21.2. The van der Waals surface area contributed by atoms with Gasteiger partial charge < -0.3 is 4.90 Å². The van der Waals surface area contributed by atoms with Crippen LogP contribution in [0.4, 0.5) is 0 Å². The lowest BCUT2D eigenvalue weighted by molar-refractivity contribution is -0.137. The fraction of sp³-hybridized carbons (Fsp3) is 0.417. The molecule has 2 aliphatic heterocycles. The van der Waals surface area contributed by atoms with Gasteiger partial charge in [-0.3, -0.25) is 14.5 Å². The lowest BCUT2D eigenvalue weighted by Gasteiger charge is -2.35. The van der Waals surface area contributed by atoms with Gasteiger partial charge in [-0.15, -0.1) is 0 Å². The van der Waals surface area contributed by atoms with Crippen LogP contribution < -0.4 is 0 Å². The van der Waals surface area contributed by atoms with Gasteiger partial charge in [-0.2, -0.15) is 0 Å². The van der Waals surface area contributed by atoms with Crippen LogP contribution in [0.3, 0.4) is 0 Å². The molecule has 0 spiro atoms. The Bertz CT molecular complexity index is 798. The highest BCUT2D eigenvalue weighted by atomic mass is 16.2. The Kier molecular flexibility index (Phi) is 5.87. The molecule has 0 bridgehead atoms. The molecule has 0 aromatic heterocycles. The van der Waals surface area contributed by atoms with E-state index < -0.39 is 0 Å². The maximum Gasteiger partial charge on any atom is 0.240 e. The van der Waals surface area contributed by atoms with Crippen molar-refractivity contribution in [2.45, 2.75) is 38.3 Å². The van der Waals surface area contributed by atoms with Crippen molar-refractivity contribution in [1.29, 1.82) is 0 Å². The molecule has 4 heteroatoms. The number of hydrogen-bond donors (Lipinski definition) is 0. The van der Waals surface area contributed by atoms with Crippen molar-refractivity contribution in [2.75, 3.05) is 19.6 Å². The van der Waals surface area contributed by atoms with E-state index in [0.29, 0.717) is 25.4 Å². The summed E-state index contributed by atoms with van der Waals surface area (Å²) in [6, 6.07) is 20.4. The van der Waals surface area contributed by atoms with Crippen molar-refractivity contribution in [3.8, 4) is 0 Å². The van der Waals surface area contributed by atoms with Crippen molar-refractivity contribution >= 4 is 11.7 Å². The van der Waals surface area contributed by atoms with Crippen LogP contribution in [0, 0.1) is 5.92 Å². The zero-order valence-corrected chi connectivity index (χ0v) is 16.3. The van der Waals surface area contributed by atoms with Crippen LogP contribution in [0.15, 0.2) is 60.7 Å². The third-order valence-electron chi connectivity index (χ3n) is 6.05. The molecule has 4 nitrogen and oxygen atoms in total. The van der Waals surface area contributed by atoms with E-state index in [0.717, 1.165) is 37.9 Å². The van der Waals surface area contributed by atoms with Gasteiger partial charge in [-0.1, -0.05) is 60.7 Å². The second kappa shape index (κ2) is 8.70. The van der Waals surface area contributed by atoms with E-state index >= 15 is 0 Å². The summed E-state index contributed by atoms with van der Waals surface area (Å²) in [6.07, 6.45) is 3.53. The van der Waals surface area contributed by atoms with E-state index in [9.17, 15) is 9.59 Å². The number of Topliss-reactive ketones (excluding diaryl/α,β-unsaturated/α-hetero) is 1. The SMILES string of the molecule is O=C1CC(C(=O)N2CCC(Cc3ccccc3)CC2)N(Cc2ccccc2)C1. The molecule has 2 fully saturated rings. The summed E-state index contributed by atoms with van der Waals surface area (Å²) in [4.78, 5) is 29.3. The molecular formula is C24H28N2O2. The molecule has 2 aliphatic rings. The Morgan fingerprint density at radius 3 is 2.14 bits per heavy atom. The Labute approximate surface area is 167 Å². The molecular weight excluding hydrogens is 348 g/mol. The average Bonchev–Trinajstić information content (AvgIpc) is 3.09. The second-order valence-corrected chi connectivity index (χ2v) is 8.11. The topological polar surface area (TPSA) is 40.6 Å². The van der Waals surface area contributed by atoms with Gasteiger partial charge in [0.05, 0.1) is 12.6 Å². The Hall–Kier alpha value is -2.46. The van der Waals surface area contributed by atoms with Gasteiger partial charge in [-0.25, -0.2) is 0 Å². The van der Waals surface area contributed by atoms with Crippen molar-refractivity contribution in [3.63, 3.8) is 0 Å². The lowest BCUT2D eigenvalue weighted by atomic mass is 9.90. The van der Waals surface area contributed by atoms with Crippen molar-refractivity contribution in [3.05, 3.63) is 71.8 Å². The number of rotatable bonds is 5. The Morgan fingerprint density at radius 2 is 1.50 bits per heavy atom. The lowest BCUT2D eigenvalue weighted by Crippen LogP contribution is -2.48. The van der Waals surface area contributed by atoms with Crippen molar-refractivity contribution < 1.29 is 9.59 Å². The van der Waals surface area contributed by atoms with Gasteiger partial charge in [0.15, 0.2) is 0 Å². The number of likely N-dealkylation sites (tertiary alicyclic amines) is 2. The molecule has 0 N–H and O–H groups in total. The third-order valence-corrected chi connectivity index (χ3v) is 6.05. The largest absolute Gasteiger partial charge is 0.341 e. The monoisotopic (exact) mass is 376 g/mol. The van der Waals surface area contributed by atoms with Crippen LogP contribution in [0.25, 0.3) is 0 Å². The highest BCUT2D eigenvalue weighted by molar-refractivity contribution is 5.93. The maximum absolute atomic E-state index is 13.1. The van der Waals surface area contributed by atoms with E-state index in [1.54, 1.807) is 0 Å². The van der Waals surface area contributed by atoms with E-state index in [-0.39, 0.29) is 17.7 Å². The number of carbonyl (C=O) groups excluding carboxylic acids is 2. The molecule has 0 saturated carbocycles. The summed E-state index contributed by atoms with van der Waals surface area (Å²) in [5, 5.41) is 0. The molecule has 146 valence electrons. The molecule has 1 amide bonds. The van der Waals surface area contributed by atoms with Crippen LogP contribution in [0.1, 0.15) is 30.4 Å². The quantitative estimate of drug-likeness (QED) is 0.804. The Morgan fingerprint density at radius 1 is 0.893 bits per heavy atom. The van der Waals surface area contributed by atoms with Crippen LogP contribution in [0.5, 0.6) is 0 Å². The first-order valence-electron chi connectivity index (χ1n) is 10.3. The van der Waals surface area contributed by atoms with E-state index in [2.05, 4.69) is 47.4 Å². The number of ketones is 1. The smallest absolute Gasteiger partial charge is 0.240 e. The van der Waals surface area contributed by atoms with Gasteiger partial charge in [0.2, 0.25) is 5.91 Å². The molecule has 1 unspecified atom stereocenters. The summed E-state index contributed by atoms with van der Waals surface area (Å²) in [5.74, 6) is 0.949. The van der Waals surface area contributed by atoms with E-state index in [1.165, 1.54) is 5.56 Å². The molecule has 2 aromatic carbocycles. The number of hydrogen-bond acceptors (Lipinski definition) is 3. The molecule has 2 aromatic rings. The first-order valence-corrected chi connectivity index (χ1v) is 10.3. The summed E-state index contributed by atoms with van der Waals surface area (Å²) < 4.78 is 0. The minimum atomic E-state index is -0.293. The summed E-state index contributed by atoms with van der Waals surface area (Å²) in [5.41, 5.74) is 2.53. The number of carbonyl (C=O) groups is 2. The van der Waals surface area contributed by atoms with Gasteiger partial charge in [0.25, 0.3) is 0 Å². The second-order valence-electron chi connectivity index (χ2n) is 8.11. The van der Waals surface area contributed by atoms with Crippen molar-refractivity contribution in [1.82, 2.24) is 9.80 Å². The van der Waals surface area contributed by atoms with Gasteiger partial charge in [0, 0.05) is 26.1 Å². The summed E-state index contributed by atoms with van der Waals surface area (Å²) in [7, 11) is 0. The molecule has 2 heterocycles. The Balaban J connectivity index is 1.34. The minimum Gasteiger partial charge on any atom is -0.341 e. The number of nitrogens with zero attached hydrogens (tertiary/aromatic N) is 2. The predicted octanol–water partition coefficient (Wildman–Crippen LogP) is 3.31. The third kappa shape index (κ3) is 4.50. The summed E-state index contributed by atoms with van der Waals surface area (Å²) in [6.45, 7) is 2.66. The van der Waals surface area contributed by atoms with E-state index in [4.69, 9.17) is 0 Å². The highest BCUT2D eigenvalue weighted by Gasteiger charge is 2.38. The van der Waals surface area contributed by atoms with Crippen LogP contribution in [-0.2, 0) is 22.6 Å². The zero-order valence-electron chi connectivity index (χ0n) is 16.3. The molecule has 0 aliphatic carbocycles. The van der Waals surface area contributed by atoms with Crippen LogP contribution >= 0.6 is 0 Å². The summed E-state index contributed by atoms with van der Waals surface area (Å²) >= 11 is 0. The molecule has 0 radical (unpaired) electrons.